The summed E-state index contributed by atoms with van der Waals surface area (Å²) in [5.74, 6) is 0. The number of rotatable bonds is 2. The van der Waals surface area contributed by atoms with E-state index in [2.05, 4.69) is 0 Å². The molecule has 0 aliphatic heterocycles. The third-order valence-corrected chi connectivity index (χ3v) is 3.30. The van der Waals surface area contributed by atoms with Crippen molar-refractivity contribution in [1.29, 1.82) is 0 Å². The zero-order chi connectivity index (χ0) is 11.5. The maximum Gasteiger partial charge on any atom is 0.186 e. The van der Waals surface area contributed by atoms with Crippen molar-refractivity contribution in [2.75, 3.05) is 0 Å². The maximum atomic E-state index is 11.0. The smallest absolute Gasteiger partial charge is 0.186 e. The van der Waals surface area contributed by atoms with Gasteiger partial charge in [0.2, 0.25) is 0 Å². The van der Waals surface area contributed by atoms with Gasteiger partial charge < -0.3 is 4.55 Å². The zero-order valence-electron chi connectivity index (χ0n) is 8.88. The highest BCUT2D eigenvalue weighted by atomic mass is 32.2. The van der Waals surface area contributed by atoms with E-state index in [-0.39, 0.29) is 0 Å². The van der Waals surface area contributed by atoms with Gasteiger partial charge in [-0.2, -0.15) is 0 Å². The molecular weight excluding hydrogens is 220 g/mol. The molecular formula is C13H12O2S. The molecule has 82 valence electrons. The van der Waals surface area contributed by atoms with Gasteiger partial charge in [-0.15, -0.1) is 0 Å². The van der Waals surface area contributed by atoms with Crippen LogP contribution >= 0.6 is 0 Å². The summed E-state index contributed by atoms with van der Waals surface area (Å²) in [7, 11) is 0. The molecule has 2 aromatic carbocycles. The predicted molar refractivity (Wildman–Crippen MR) is 65.7 cm³/mol. The number of aryl methyl sites for hydroxylation is 1. The fraction of sp³-hybridized carbons (Fsp3) is 0.0769. The van der Waals surface area contributed by atoms with Crippen LogP contribution in [0.1, 0.15) is 5.56 Å². The standard InChI is InChI=1S/C13H12O2S/c1-10-9-12(7-8-13(10)16(14)15)11-5-3-2-4-6-11/h2-9H,1H3,(H,14,15). The summed E-state index contributed by atoms with van der Waals surface area (Å²) in [6, 6.07) is 15.5. The fourth-order valence-corrected chi connectivity index (χ4v) is 2.17. The monoisotopic (exact) mass is 232 g/mol. The molecule has 0 saturated carbocycles. The van der Waals surface area contributed by atoms with Gasteiger partial charge in [0, 0.05) is 0 Å². The van der Waals surface area contributed by atoms with E-state index in [4.69, 9.17) is 4.55 Å². The lowest BCUT2D eigenvalue weighted by Gasteiger charge is -2.05. The van der Waals surface area contributed by atoms with Gasteiger partial charge in [0.25, 0.3) is 0 Å². The average Bonchev–Trinajstić information content (AvgIpc) is 2.29. The molecule has 0 aliphatic carbocycles. The van der Waals surface area contributed by atoms with E-state index >= 15 is 0 Å². The van der Waals surface area contributed by atoms with Crippen molar-refractivity contribution < 1.29 is 8.76 Å². The van der Waals surface area contributed by atoms with Crippen LogP contribution in [-0.4, -0.2) is 8.76 Å². The first-order valence-corrected chi connectivity index (χ1v) is 6.06. The van der Waals surface area contributed by atoms with E-state index in [1.165, 1.54) is 0 Å². The highest BCUT2D eigenvalue weighted by molar-refractivity contribution is 7.79. The number of hydrogen-bond donors (Lipinski definition) is 1. The molecule has 2 aromatic rings. The average molecular weight is 232 g/mol. The highest BCUT2D eigenvalue weighted by Crippen LogP contribution is 2.23. The van der Waals surface area contributed by atoms with E-state index in [0.29, 0.717) is 4.90 Å². The molecule has 0 aromatic heterocycles. The molecule has 0 radical (unpaired) electrons. The third kappa shape index (κ3) is 2.21. The van der Waals surface area contributed by atoms with E-state index in [1.54, 1.807) is 6.07 Å². The van der Waals surface area contributed by atoms with Gasteiger partial charge >= 0.3 is 0 Å². The first-order chi connectivity index (χ1) is 7.68. The molecule has 1 atom stereocenters. The first-order valence-electron chi connectivity index (χ1n) is 4.95. The second-order valence-corrected chi connectivity index (χ2v) is 4.53. The van der Waals surface area contributed by atoms with Crippen molar-refractivity contribution in [3.8, 4) is 11.1 Å². The molecule has 0 fully saturated rings. The predicted octanol–water partition coefficient (Wildman–Crippen LogP) is 3.24. The van der Waals surface area contributed by atoms with Crippen molar-refractivity contribution in [2.24, 2.45) is 0 Å². The second kappa shape index (κ2) is 4.60. The van der Waals surface area contributed by atoms with Crippen molar-refractivity contribution in [2.45, 2.75) is 11.8 Å². The fourth-order valence-electron chi connectivity index (χ4n) is 1.66. The molecule has 3 heteroatoms. The topological polar surface area (TPSA) is 37.3 Å². The van der Waals surface area contributed by atoms with Gasteiger partial charge in [-0.25, -0.2) is 4.21 Å². The van der Waals surface area contributed by atoms with Crippen molar-refractivity contribution in [3.05, 3.63) is 54.1 Å². The lowest BCUT2D eigenvalue weighted by atomic mass is 10.0. The maximum absolute atomic E-state index is 11.0. The van der Waals surface area contributed by atoms with Crippen LogP contribution in [0.3, 0.4) is 0 Å². The highest BCUT2D eigenvalue weighted by Gasteiger charge is 2.05. The second-order valence-electron chi connectivity index (χ2n) is 3.60. The molecule has 1 N–H and O–H groups in total. The van der Waals surface area contributed by atoms with Crippen LogP contribution in [0.15, 0.2) is 53.4 Å². The van der Waals surface area contributed by atoms with Crippen LogP contribution in [0.4, 0.5) is 0 Å². The Morgan fingerprint density at radius 1 is 1.00 bits per heavy atom. The van der Waals surface area contributed by atoms with Gasteiger partial charge in [0.15, 0.2) is 11.1 Å². The first kappa shape index (κ1) is 11.0. The van der Waals surface area contributed by atoms with Crippen LogP contribution in [0, 0.1) is 6.92 Å². The molecule has 0 bridgehead atoms. The Balaban J connectivity index is 2.46. The molecule has 0 amide bonds. The third-order valence-electron chi connectivity index (χ3n) is 2.47. The molecule has 0 saturated heterocycles. The minimum Gasteiger partial charge on any atom is -0.302 e. The molecule has 1 unspecified atom stereocenters. The van der Waals surface area contributed by atoms with Crippen molar-refractivity contribution in [1.82, 2.24) is 0 Å². The summed E-state index contributed by atoms with van der Waals surface area (Å²) < 4.78 is 20.0. The lowest BCUT2D eigenvalue weighted by Crippen LogP contribution is -1.92. The van der Waals surface area contributed by atoms with Gasteiger partial charge in [-0.3, -0.25) is 0 Å². The Labute approximate surface area is 97.2 Å². The van der Waals surface area contributed by atoms with Crippen LogP contribution in [0.5, 0.6) is 0 Å². The van der Waals surface area contributed by atoms with Crippen molar-refractivity contribution in [3.63, 3.8) is 0 Å². The van der Waals surface area contributed by atoms with Crippen LogP contribution < -0.4 is 0 Å². The minimum atomic E-state index is -1.91. The Bertz CT molecular complexity index is 521. The Morgan fingerprint density at radius 2 is 1.69 bits per heavy atom. The van der Waals surface area contributed by atoms with Crippen molar-refractivity contribution >= 4 is 11.1 Å². The van der Waals surface area contributed by atoms with Gasteiger partial charge in [0.05, 0.1) is 4.90 Å². The van der Waals surface area contributed by atoms with E-state index in [9.17, 15) is 4.21 Å². The van der Waals surface area contributed by atoms with E-state index < -0.39 is 11.1 Å². The summed E-state index contributed by atoms with van der Waals surface area (Å²) in [6.07, 6.45) is 0. The van der Waals surface area contributed by atoms with Gasteiger partial charge in [0.1, 0.15) is 0 Å². The Hall–Kier alpha value is -1.45. The van der Waals surface area contributed by atoms with Crippen LogP contribution in [0.25, 0.3) is 11.1 Å². The molecule has 0 spiro atoms. The van der Waals surface area contributed by atoms with E-state index in [1.807, 2.05) is 49.4 Å². The Kier molecular flexibility index (Phi) is 3.17. The zero-order valence-corrected chi connectivity index (χ0v) is 9.70. The van der Waals surface area contributed by atoms with Crippen LogP contribution in [-0.2, 0) is 11.1 Å². The summed E-state index contributed by atoms with van der Waals surface area (Å²) in [5, 5.41) is 0. The summed E-state index contributed by atoms with van der Waals surface area (Å²) in [4.78, 5) is 0.472. The number of benzene rings is 2. The van der Waals surface area contributed by atoms with Gasteiger partial charge in [-0.1, -0.05) is 42.5 Å². The summed E-state index contributed by atoms with van der Waals surface area (Å²) in [6.45, 7) is 1.84. The lowest BCUT2D eigenvalue weighted by molar-refractivity contribution is 0.564. The quantitative estimate of drug-likeness (QED) is 0.807. The summed E-state index contributed by atoms with van der Waals surface area (Å²) >= 11 is -1.91. The SMILES string of the molecule is Cc1cc(-c2ccccc2)ccc1S(=O)O. The minimum absolute atomic E-state index is 0.472. The normalized spacial score (nSPS) is 12.4. The molecule has 2 nitrogen and oxygen atoms in total. The van der Waals surface area contributed by atoms with Crippen LogP contribution in [0.2, 0.25) is 0 Å². The summed E-state index contributed by atoms with van der Waals surface area (Å²) in [5.41, 5.74) is 3.01. The Morgan fingerprint density at radius 3 is 2.25 bits per heavy atom. The van der Waals surface area contributed by atoms with E-state index in [0.717, 1.165) is 16.7 Å². The number of hydrogen-bond acceptors (Lipinski definition) is 1. The molecule has 0 aliphatic rings. The molecule has 16 heavy (non-hydrogen) atoms. The van der Waals surface area contributed by atoms with Gasteiger partial charge in [-0.05, 0) is 29.7 Å². The molecule has 2 rings (SSSR count). The largest absolute Gasteiger partial charge is 0.302 e. The molecule has 0 heterocycles.